The van der Waals surface area contributed by atoms with E-state index in [1.54, 1.807) is 12.2 Å². The number of carbonyl (C=O) groups is 1. The molecule has 0 saturated carbocycles. The highest BCUT2D eigenvalue weighted by molar-refractivity contribution is 5.76. The van der Waals surface area contributed by atoms with E-state index in [1.807, 2.05) is 12.2 Å². The zero-order valence-corrected chi connectivity index (χ0v) is 5.45. The lowest BCUT2D eigenvalue weighted by atomic mass is 10.3. The zero-order valence-electron chi connectivity index (χ0n) is 5.45. The van der Waals surface area contributed by atoms with E-state index >= 15 is 0 Å². The Bertz CT molecular complexity index is 184. The summed E-state index contributed by atoms with van der Waals surface area (Å²) in [4.78, 5) is 10.4. The Kier molecular flexibility index (Phi) is 2.23. The summed E-state index contributed by atoms with van der Waals surface area (Å²) in [6, 6.07) is -0.532. The van der Waals surface area contributed by atoms with Crippen LogP contribution in [0.3, 0.4) is 0 Å². The van der Waals surface area contributed by atoms with E-state index in [0.717, 1.165) is 0 Å². The summed E-state index contributed by atoms with van der Waals surface area (Å²) < 4.78 is 0. The molecule has 1 atom stereocenters. The van der Waals surface area contributed by atoms with Crippen molar-refractivity contribution >= 4 is 5.97 Å². The van der Waals surface area contributed by atoms with Gasteiger partial charge >= 0.3 is 5.97 Å². The highest BCUT2D eigenvalue weighted by Crippen LogP contribution is 1.92. The van der Waals surface area contributed by atoms with Crippen LogP contribution in [0, 0.1) is 0 Å². The van der Waals surface area contributed by atoms with E-state index in [-0.39, 0.29) is 0 Å². The molecule has 1 aliphatic heterocycles. The SMILES string of the molecule is O=C(O)C1C=CC=CCN1. The molecule has 1 unspecified atom stereocenters. The van der Waals surface area contributed by atoms with Crippen LogP contribution in [0.1, 0.15) is 0 Å². The van der Waals surface area contributed by atoms with Crippen LogP contribution in [0.15, 0.2) is 24.3 Å². The van der Waals surface area contributed by atoms with E-state index < -0.39 is 12.0 Å². The second-order valence-electron chi connectivity index (χ2n) is 2.04. The Morgan fingerprint density at radius 2 is 2.40 bits per heavy atom. The van der Waals surface area contributed by atoms with Crippen molar-refractivity contribution in [3.05, 3.63) is 24.3 Å². The topological polar surface area (TPSA) is 49.3 Å². The van der Waals surface area contributed by atoms with Crippen molar-refractivity contribution in [2.24, 2.45) is 0 Å². The molecule has 0 aromatic rings. The molecule has 0 aliphatic carbocycles. The number of aliphatic carboxylic acids is 1. The smallest absolute Gasteiger partial charge is 0.324 e. The zero-order chi connectivity index (χ0) is 7.40. The first kappa shape index (κ1) is 7.02. The molecule has 1 heterocycles. The third-order valence-electron chi connectivity index (χ3n) is 1.27. The van der Waals surface area contributed by atoms with Crippen LogP contribution in [0.5, 0.6) is 0 Å². The molecule has 0 fully saturated rings. The highest BCUT2D eigenvalue weighted by Gasteiger charge is 2.11. The Morgan fingerprint density at radius 1 is 1.60 bits per heavy atom. The van der Waals surface area contributed by atoms with Crippen molar-refractivity contribution in [3.63, 3.8) is 0 Å². The number of hydrogen-bond donors (Lipinski definition) is 2. The summed E-state index contributed by atoms with van der Waals surface area (Å²) in [6.45, 7) is 0.615. The molecule has 3 nitrogen and oxygen atoms in total. The minimum absolute atomic E-state index is 0.532. The van der Waals surface area contributed by atoms with Crippen molar-refractivity contribution in [2.75, 3.05) is 6.54 Å². The molecule has 10 heavy (non-hydrogen) atoms. The Labute approximate surface area is 59.0 Å². The Hall–Kier alpha value is -1.09. The van der Waals surface area contributed by atoms with Crippen molar-refractivity contribution < 1.29 is 9.90 Å². The summed E-state index contributed by atoms with van der Waals surface area (Å²) >= 11 is 0. The van der Waals surface area contributed by atoms with Gasteiger partial charge in [-0.3, -0.25) is 10.1 Å². The summed E-state index contributed by atoms with van der Waals surface area (Å²) in [5, 5.41) is 11.3. The molecular weight excluding hydrogens is 130 g/mol. The number of hydrogen-bond acceptors (Lipinski definition) is 2. The van der Waals surface area contributed by atoms with Gasteiger partial charge in [0.25, 0.3) is 0 Å². The van der Waals surface area contributed by atoms with Gasteiger partial charge in [-0.2, -0.15) is 0 Å². The Morgan fingerprint density at radius 3 is 3.10 bits per heavy atom. The fraction of sp³-hybridized carbons (Fsp3) is 0.286. The predicted octanol–water partition coefficient (Wildman–Crippen LogP) is 0.155. The second kappa shape index (κ2) is 3.17. The number of nitrogens with one attached hydrogen (secondary N) is 1. The maximum absolute atomic E-state index is 10.4. The minimum atomic E-state index is -0.833. The van der Waals surface area contributed by atoms with Gasteiger partial charge in [0.05, 0.1) is 0 Å². The molecule has 0 radical (unpaired) electrons. The molecule has 0 saturated heterocycles. The van der Waals surface area contributed by atoms with Gasteiger partial charge in [-0.15, -0.1) is 0 Å². The average molecular weight is 139 g/mol. The van der Waals surface area contributed by atoms with E-state index in [4.69, 9.17) is 5.11 Å². The average Bonchev–Trinajstić information content (AvgIpc) is 2.12. The fourth-order valence-electron chi connectivity index (χ4n) is 0.755. The largest absolute Gasteiger partial charge is 0.480 e. The van der Waals surface area contributed by atoms with Crippen LogP contribution < -0.4 is 5.32 Å². The van der Waals surface area contributed by atoms with Crippen LogP contribution in [0.2, 0.25) is 0 Å². The van der Waals surface area contributed by atoms with Gasteiger partial charge in [-0.05, 0) is 0 Å². The molecule has 1 aliphatic rings. The predicted molar refractivity (Wildman–Crippen MR) is 37.7 cm³/mol. The Balaban J connectivity index is 2.56. The van der Waals surface area contributed by atoms with Gasteiger partial charge in [0.2, 0.25) is 0 Å². The third-order valence-corrected chi connectivity index (χ3v) is 1.27. The van der Waals surface area contributed by atoms with Crippen molar-refractivity contribution in [2.45, 2.75) is 6.04 Å². The van der Waals surface area contributed by atoms with E-state index in [1.165, 1.54) is 0 Å². The molecule has 2 N–H and O–H groups in total. The van der Waals surface area contributed by atoms with Gasteiger partial charge in [-0.25, -0.2) is 0 Å². The first-order valence-corrected chi connectivity index (χ1v) is 3.10. The molecular formula is C7H9NO2. The van der Waals surface area contributed by atoms with Crippen molar-refractivity contribution in [1.29, 1.82) is 0 Å². The van der Waals surface area contributed by atoms with Gasteiger partial charge in [0.1, 0.15) is 6.04 Å². The summed E-state index contributed by atoms with van der Waals surface area (Å²) in [5.41, 5.74) is 0. The standard InChI is InChI=1S/C7H9NO2/c9-7(10)6-4-2-1-3-5-8-6/h1-4,6,8H,5H2,(H,9,10). The molecule has 0 amide bonds. The first-order chi connectivity index (χ1) is 4.80. The summed E-state index contributed by atoms with van der Waals surface area (Å²) in [5.74, 6) is -0.833. The monoisotopic (exact) mass is 139 g/mol. The van der Waals surface area contributed by atoms with Crippen LogP contribution >= 0.6 is 0 Å². The maximum atomic E-state index is 10.4. The third kappa shape index (κ3) is 1.70. The number of carboxylic acid groups (broad SMARTS) is 1. The molecule has 3 heteroatoms. The van der Waals surface area contributed by atoms with Crippen molar-refractivity contribution in [3.8, 4) is 0 Å². The molecule has 54 valence electrons. The van der Waals surface area contributed by atoms with Crippen LogP contribution in [-0.2, 0) is 4.79 Å². The van der Waals surface area contributed by atoms with E-state index in [0.29, 0.717) is 6.54 Å². The molecule has 0 aromatic carbocycles. The second-order valence-corrected chi connectivity index (χ2v) is 2.04. The van der Waals surface area contributed by atoms with Gasteiger partial charge in [0.15, 0.2) is 0 Å². The fourth-order valence-corrected chi connectivity index (χ4v) is 0.755. The molecule has 1 rings (SSSR count). The van der Waals surface area contributed by atoms with Gasteiger partial charge in [-0.1, -0.05) is 24.3 Å². The molecule has 0 aromatic heterocycles. The quantitative estimate of drug-likeness (QED) is 0.544. The van der Waals surface area contributed by atoms with Crippen LogP contribution in [-0.4, -0.2) is 23.7 Å². The van der Waals surface area contributed by atoms with Gasteiger partial charge in [0, 0.05) is 6.54 Å². The van der Waals surface area contributed by atoms with E-state index in [2.05, 4.69) is 5.32 Å². The van der Waals surface area contributed by atoms with Crippen LogP contribution in [0.4, 0.5) is 0 Å². The van der Waals surface area contributed by atoms with Crippen molar-refractivity contribution in [1.82, 2.24) is 5.32 Å². The lowest BCUT2D eigenvalue weighted by Crippen LogP contribution is -2.34. The lowest BCUT2D eigenvalue weighted by Gasteiger charge is -2.04. The van der Waals surface area contributed by atoms with E-state index in [9.17, 15) is 4.79 Å². The van der Waals surface area contributed by atoms with Gasteiger partial charge < -0.3 is 5.11 Å². The van der Waals surface area contributed by atoms with Crippen LogP contribution in [0.25, 0.3) is 0 Å². The minimum Gasteiger partial charge on any atom is -0.480 e. The summed E-state index contributed by atoms with van der Waals surface area (Å²) in [6.07, 6.45) is 7.06. The molecule has 0 bridgehead atoms. The maximum Gasteiger partial charge on any atom is 0.324 e. The highest BCUT2D eigenvalue weighted by atomic mass is 16.4. The lowest BCUT2D eigenvalue weighted by molar-refractivity contribution is -0.138. The summed E-state index contributed by atoms with van der Waals surface area (Å²) in [7, 11) is 0. The normalized spacial score (nSPS) is 24.2. The number of rotatable bonds is 1. The molecule has 0 spiro atoms. The number of allylic oxidation sites excluding steroid dienone is 2. The number of carboxylic acids is 1. The first-order valence-electron chi connectivity index (χ1n) is 3.10.